The Balaban J connectivity index is 1.97. The molecule has 18 heavy (non-hydrogen) atoms. The van der Waals surface area contributed by atoms with Gasteiger partial charge in [0.25, 0.3) is 5.91 Å². The molecule has 1 heterocycles. The highest BCUT2D eigenvalue weighted by molar-refractivity contribution is 5.98. The zero-order valence-electron chi connectivity index (χ0n) is 10.6. The van der Waals surface area contributed by atoms with Crippen LogP contribution in [-0.2, 0) is 0 Å². The van der Waals surface area contributed by atoms with Crippen molar-refractivity contribution in [2.45, 2.75) is 6.42 Å². The van der Waals surface area contributed by atoms with Crippen LogP contribution in [0, 0.1) is 5.92 Å². The van der Waals surface area contributed by atoms with E-state index in [1.165, 1.54) is 6.42 Å². The first-order valence-electron chi connectivity index (χ1n) is 6.18. The average molecular weight is 248 g/mol. The largest absolute Gasteiger partial charge is 0.398 e. The van der Waals surface area contributed by atoms with E-state index in [-0.39, 0.29) is 0 Å². The SMILES string of the molecule is CN1CCC(CNc2ccc(N)c(C(N)=O)c2)C1. The maximum Gasteiger partial charge on any atom is 0.250 e. The minimum Gasteiger partial charge on any atom is -0.398 e. The summed E-state index contributed by atoms with van der Waals surface area (Å²) in [7, 11) is 2.13. The Kier molecular flexibility index (Phi) is 3.72. The molecular weight excluding hydrogens is 228 g/mol. The summed E-state index contributed by atoms with van der Waals surface area (Å²) >= 11 is 0. The van der Waals surface area contributed by atoms with E-state index in [9.17, 15) is 4.79 Å². The maximum absolute atomic E-state index is 11.2. The highest BCUT2D eigenvalue weighted by Crippen LogP contribution is 2.19. The summed E-state index contributed by atoms with van der Waals surface area (Å²) in [5.74, 6) is 0.168. The van der Waals surface area contributed by atoms with Crippen LogP contribution in [0.3, 0.4) is 0 Å². The number of hydrogen-bond acceptors (Lipinski definition) is 4. The van der Waals surface area contributed by atoms with Gasteiger partial charge >= 0.3 is 0 Å². The van der Waals surface area contributed by atoms with Gasteiger partial charge in [0.05, 0.1) is 5.56 Å². The van der Waals surface area contributed by atoms with Gasteiger partial charge in [0, 0.05) is 24.5 Å². The van der Waals surface area contributed by atoms with Gasteiger partial charge in [-0.05, 0) is 44.1 Å². The van der Waals surface area contributed by atoms with Crippen LogP contribution in [0.1, 0.15) is 16.8 Å². The van der Waals surface area contributed by atoms with Crippen molar-refractivity contribution < 1.29 is 4.79 Å². The molecule has 1 amide bonds. The molecule has 5 N–H and O–H groups in total. The molecule has 1 aliphatic rings. The van der Waals surface area contributed by atoms with Crippen LogP contribution < -0.4 is 16.8 Å². The Hall–Kier alpha value is -1.75. The normalized spacial score (nSPS) is 19.9. The number of nitrogens with one attached hydrogen (secondary N) is 1. The molecule has 1 fully saturated rings. The molecule has 1 aliphatic heterocycles. The molecule has 0 saturated carbocycles. The topological polar surface area (TPSA) is 84.4 Å². The van der Waals surface area contributed by atoms with Gasteiger partial charge in [0.15, 0.2) is 0 Å². The van der Waals surface area contributed by atoms with Gasteiger partial charge in [-0.25, -0.2) is 0 Å². The second-order valence-corrected chi connectivity index (χ2v) is 4.96. The molecule has 2 rings (SSSR count). The van der Waals surface area contributed by atoms with Gasteiger partial charge in [-0.15, -0.1) is 0 Å². The van der Waals surface area contributed by atoms with E-state index in [0.29, 0.717) is 17.2 Å². The molecule has 0 bridgehead atoms. The van der Waals surface area contributed by atoms with E-state index >= 15 is 0 Å². The van der Waals surface area contributed by atoms with Crippen molar-refractivity contribution in [2.75, 3.05) is 37.7 Å². The Labute approximate surface area is 107 Å². The molecule has 1 atom stereocenters. The first kappa shape index (κ1) is 12.7. The highest BCUT2D eigenvalue weighted by atomic mass is 16.1. The molecule has 0 radical (unpaired) electrons. The minimum atomic E-state index is -0.489. The molecule has 5 nitrogen and oxygen atoms in total. The van der Waals surface area contributed by atoms with Gasteiger partial charge in [-0.3, -0.25) is 4.79 Å². The molecule has 1 unspecified atom stereocenters. The van der Waals surface area contributed by atoms with E-state index < -0.39 is 5.91 Å². The maximum atomic E-state index is 11.2. The lowest BCUT2D eigenvalue weighted by Crippen LogP contribution is -2.19. The first-order chi connectivity index (χ1) is 8.56. The van der Waals surface area contributed by atoms with Crippen molar-refractivity contribution in [1.82, 2.24) is 4.90 Å². The molecule has 5 heteroatoms. The van der Waals surface area contributed by atoms with Crippen LogP contribution in [0.2, 0.25) is 0 Å². The fraction of sp³-hybridized carbons (Fsp3) is 0.462. The number of amides is 1. The third kappa shape index (κ3) is 2.92. The Bertz CT molecular complexity index is 447. The van der Waals surface area contributed by atoms with Crippen LogP contribution in [0.15, 0.2) is 18.2 Å². The summed E-state index contributed by atoms with van der Waals surface area (Å²) < 4.78 is 0. The summed E-state index contributed by atoms with van der Waals surface area (Å²) in [4.78, 5) is 13.5. The van der Waals surface area contributed by atoms with E-state index in [1.54, 1.807) is 12.1 Å². The van der Waals surface area contributed by atoms with E-state index in [4.69, 9.17) is 11.5 Å². The van der Waals surface area contributed by atoms with Gasteiger partial charge in [0.2, 0.25) is 0 Å². The van der Waals surface area contributed by atoms with E-state index in [2.05, 4.69) is 17.3 Å². The summed E-state index contributed by atoms with van der Waals surface area (Å²) in [5.41, 5.74) is 12.7. The number of anilines is 2. The number of nitrogen functional groups attached to an aromatic ring is 1. The standard InChI is InChI=1S/C13H20N4O/c1-17-5-4-9(8-17)7-16-10-2-3-12(14)11(6-10)13(15)18/h2-3,6,9,16H,4-5,7-8,14H2,1H3,(H2,15,18). The lowest BCUT2D eigenvalue weighted by atomic mass is 10.1. The summed E-state index contributed by atoms with van der Waals surface area (Å²) in [6.07, 6.45) is 1.21. The number of hydrogen-bond donors (Lipinski definition) is 3. The minimum absolute atomic E-state index is 0.378. The first-order valence-corrected chi connectivity index (χ1v) is 6.18. The number of nitrogens with zero attached hydrogens (tertiary/aromatic N) is 1. The number of carbonyl (C=O) groups is 1. The monoisotopic (exact) mass is 248 g/mol. The number of primary amides is 1. The van der Waals surface area contributed by atoms with Crippen molar-refractivity contribution in [1.29, 1.82) is 0 Å². The lowest BCUT2D eigenvalue weighted by Gasteiger charge is -2.13. The third-order valence-electron chi connectivity index (χ3n) is 3.40. The van der Waals surface area contributed by atoms with Crippen molar-refractivity contribution in [3.05, 3.63) is 23.8 Å². The Morgan fingerprint density at radius 2 is 2.33 bits per heavy atom. The second-order valence-electron chi connectivity index (χ2n) is 4.96. The van der Waals surface area contributed by atoms with E-state index in [0.717, 1.165) is 25.3 Å². The van der Waals surface area contributed by atoms with Crippen LogP contribution in [0.5, 0.6) is 0 Å². The number of rotatable bonds is 4. The predicted molar refractivity (Wildman–Crippen MR) is 73.5 cm³/mol. The second kappa shape index (κ2) is 5.27. The molecule has 0 spiro atoms. The summed E-state index contributed by atoms with van der Waals surface area (Å²) in [6, 6.07) is 5.31. The smallest absolute Gasteiger partial charge is 0.250 e. The lowest BCUT2D eigenvalue weighted by molar-refractivity contribution is 0.100. The van der Waals surface area contributed by atoms with Crippen LogP contribution in [0.4, 0.5) is 11.4 Å². The molecule has 0 aromatic heterocycles. The fourth-order valence-corrected chi connectivity index (χ4v) is 2.33. The molecule has 1 saturated heterocycles. The average Bonchev–Trinajstić information content (AvgIpc) is 2.74. The number of likely N-dealkylation sites (tertiary alicyclic amines) is 1. The van der Waals surface area contributed by atoms with E-state index in [1.807, 2.05) is 6.07 Å². The Morgan fingerprint density at radius 1 is 1.56 bits per heavy atom. The summed E-state index contributed by atoms with van der Waals surface area (Å²) in [5, 5.41) is 3.34. The van der Waals surface area contributed by atoms with Crippen molar-refractivity contribution in [2.24, 2.45) is 11.7 Å². The molecule has 1 aromatic carbocycles. The van der Waals surface area contributed by atoms with Gasteiger partial charge in [0.1, 0.15) is 0 Å². The number of carbonyl (C=O) groups excluding carboxylic acids is 1. The predicted octanol–water partition coefficient (Wildman–Crippen LogP) is 0.731. The van der Waals surface area contributed by atoms with Crippen molar-refractivity contribution in [3.8, 4) is 0 Å². The van der Waals surface area contributed by atoms with Crippen LogP contribution in [-0.4, -0.2) is 37.5 Å². The summed E-state index contributed by atoms with van der Waals surface area (Å²) in [6.45, 7) is 3.18. The Morgan fingerprint density at radius 3 is 2.94 bits per heavy atom. The zero-order valence-corrected chi connectivity index (χ0v) is 10.6. The third-order valence-corrected chi connectivity index (χ3v) is 3.40. The molecular formula is C13H20N4O. The molecule has 1 aromatic rings. The molecule has 0 aliphatic carbocycles. The highest BCUT2D eigenvalue weighted by Gasteiger charge is 2.19. The fourth-order valence-electron chi connectivity index (χ4n) is 2.33. The van der Waals surface area contributed by atoms with Crippen LogP contribution in [0.25, 0.3) is 0 Å². The van der Waals surface area contributed by atoms with Gasteiger partial charge < -0.3 is 21.7 Å². The quantitative estimate of drug-likeness (QED) is 0.686. The number of benzene rings is 1. The number of nitrogens with two attached hydrogens (primary N) is 2. The van der Waals surface area contributed by atoms with Crippen molar-refractivity contribution in [3.63, 3.8) is 0 Å². The molecule has 98 valence electrons. The van der Waals surface area contributed by atoms with Crippen LogP contribution >= 0.6 is 0 Å². The van der Waals surface area contributed by atoms with Gasteiger partial charge in [-0.2, -0.15) is 0 Å². The zero-order chi connectivity index (χ0) is 13.1. The van der Waals surface area contributed by atoms with Crippen molar-refractivity contribution >= 4 is 17.3 Å². The van der Waals surface area contributed by atoms with Gasteiger partial charge in [-0.1, -0.05) is 0 Å².